The van der Waals surface area contributed by atoms with Crippen LogP contribution < -0.4 is 16.0 Å². The minimum absolute atomic E-state index is 0.236. The molecule has 38 heavy (non-hydrogen) atoms. The van der Waals surface area contributed by atoms with Crippen molar-refractivity contribution in [2.45, 2.75) is 63.7 Å². The van der Waals surface area contributed by atoms with Gasteiger partial charge in [-0.15, -0.1) is 0 Å². The van der Waals surface area contributed by atoms with Crippen LogP contribution in [0.15, 0.2) is 71.4 Å². The molecule has 2 heterocycles. The molecule has 2 aromatic carbocycles. The molecule has 1 saturated heterocycles. The van der Waals surface area contributed by atoms with Gasteiger partial charge >= 0.3 is 0 Å². The molecular weight excluding hydrogens is 480 g/mol. The van der Waals surface area contributed by atoms with Crippen molar-refractivity contribution >= 4 is 23.9 Å². The van der Waals surface area contributed by atoms with Crippen molar-refractivity contribution in [2.24, 2.45) is 4.99 Å². The lowest BCUT2D eigenvalue weighted by atomic mass is 10.0. The van der Waals surface area contributed by atoms with Gasteiger partial charge in [-0.2, -0.15) is 0 Å². The van der Waals surface area contributed by atoms with E-state index in [4.69, 9.17) is 4.74 Å². The lowest BCUT2D eigenvalue weighted by Gasteiger charge is -2.17. The Balaban J connectivity index is 1.16. The molecule has 1 fully saturated rings. The molecule has 1 unspecified atom stereocenters. The molecule has 3 atom stereocenters. The van der Waals surface area contributed by atoms with E-state index in [-0.39, 0.29) is 11.8 Å². The number of allylic oxidation sites excluding steroid dienone is 1. The van der Waals surface area contributed by atoms with Gasteiger partial charge in [-0.25, -0.2) is 0 Å². The number of carbonyl (C=O) groups is 3. The van der Waals surface area contributed by atoms with E-state index >= 15 is 0 Å². The first kappa shape index (κ1) is 27.3. The molecular formula is C30H36N4O4. The Hall–Kier alpha value is -3.78. The van der Waals surface area contributed by atoms with Crippen LogP contribution in [0.25, 0.3) is 11.1 Å². The summed E-state index contributed by atoms with van der Waals surface area (Å²) in [5.41, 5.74) is 4.38. The highest BCUT2D eigenvalue weighted by Crippen LogP contribution is 2.23. The fourth-order valence-electron chi connectivity index (χ4n) is 4.41. The van der Waals surface area contributed by atoms with Crippen LogP contribution in [0.1, 0.15) is 44.6 Å². The van der Waals surface area contributed by atoms with Crippen LogP contribution >= 0.6 is 0 Å². The van der Waals surface area contributed by atoms with Gasteiger partial charge in [-0.05, 0) is 42.4 Å². The second-order valence-electron chi connectivity index (χ2n) is 9.56. The summed E-state index contributed by atoms with van der Waals surface area (Å²) < 4.78 is 5.35. The third-order valence-electron chi connectivity index (χ3n) is 6.61. The highest BCUT2D eigenvalue weighted by Gasteiger charge is 2.50. The van der Waals surface area contributed by atoms with Crippen molar-refractivity contribution in [1.82, 2.24) is 16.0 Å². The van der Waals surface area contributed by atoms with Gasteiger partial charge in [0.25, 0.3) is 11.8 Å². The van der Waals surface area contributed by atoms with Crippen LogP contribution in [-0.2, 0) is 25.5 Å². The van der Waals surface area contributed by atoms with E-state index in [9.17, 15) is 14.4 Å². The average molecular weight is 517 g/mol. The summed E-state index contributed by atoms with van der Waals surface area (Å²) in [5, 5.41) is 8.48. The molecule has 3 amide bonds. The Morgan fingerprint density at radius 1 is 0.895 bits per heavy atom. The topological polar surface area (TPSA) is 112 Å². The maximum Gasteiger partial charge on any atom is 0.253 e. The number of nitrogens with one attached hydrogen (secondary N) is 3. The number of aliphatic imine (C=N–C) groups is 1. The number of hydrogen-bond acceptors (Lipinski definition) is 5. The zero-order valence-electron chi connectivity index (χ0n) is 21.8. The Morgan fingerprint density at radius 3 is 2.32 bits per heavy atom. The summed E-state index contributed by atoms with van der Waals surface area (Å²) in [5.74, 6) is -0.987. The number of nitrogens with zero attached hydrogens (tertiary/aromatic N) is 1. The number of amides is 3. The minimum Gasteiger partial charge on any atom is -0.354 e. The zero-order valence-corrected chi connectivity index (χ0v) is 21.8. The first-order valence-corrected chi connectivity index (χ1v) is 13.4. The number of benzene rings is 2. The first-order valence-electron chi connectivity index (χ1n) is 13.4. The molecule has 8 heteroatoms. The number of epoxide rings is 1. The van der Waals surface area contributed by atoms with E-state index in [1.165, 1.54) is 0 Å². The van der Waals surface area contributed by atoms with Gasteiger partial charge < -0.3 is 20.7 Å². The standard InChI is InChI=1S/C30H36N4O4/c1-2-8-25(28(35)32-20-17-24-11-6-7-18-31-24)34-30(37)27-26(38-27)29(36)33-19-16-21-12-14-23(15-13-21)22-9-4-3-5-10-22/h3-5,9-15,18,25-27H,2,6-8,16-17,19-20H2,1H3,(H,32,35)(H,33,36)(H,34,37)/t25-,26-,27?/m0/s1. The van der Waals surface area contributed by atoms with Gasteiger partial charge in [0.05, 0.1) is 0 Å². The largest absolute Gasteiger partial charge is 0.354 e. The Labute approximate surface area is 223 Å². The van der Waals surface area contributed by atoms with Gasteiger partial charge in [0.1, 0.15) is 6.04 Å². The lowest BCUT2D eigenvalue weighted by Crippen LogP contribution is -2.48. The summed E-state index contributed by atoms with van der Waals surface area (Å²) in [7, 11) is 0. The summed E-state index contributed by atoms with van der Waals surface area (Å²) in [6, 6.07) is 17.7. The van der Waals surface area contributed by atoms with E-state index in [0.29, 0.717) is 32.4 Å². The SMILES string of the molecule is CCC[C@H](NC(=O)C1O[C@@H]1C(=O)NCCc1ccc(-c2ccccc2)cc1)C(=O)NCCC1=CCCC=N1. The molecule has 8 nitrogen and oxygen atoms in total. The summed E-state index contributed by atoms with van der Waals surface area (Å²) in [4.78, 5) is 42.1. The van der Waals surface area contributed by atoms with Gasteiger partial charge in [-0.3, -0.25) is 19.4 Å². The normalized spacial score (nSPS) is 18.7. The number of ether oxygens (including phenoxy) is 1. The number of rotatable bonds is 13. The lowest BCUT2D eigenvalue weighted by molar-refractivity contribution is -0.129. The maximum absolute atomic E-state index is 12.7. The van der Waals surface area contributed by atoms with Gasteiger partial charge in [-0.1, -0.05) is 74.0 Å². The number of hydrogen-bond donors (Lipinski definition) is 3. The second-order valence-corrected chi connectivity index (χ2v) is 9.56. The molecule has 2 aromatic rings. The Morgan fingerprint density at radius 2 is 1.61 bits per heavy atom. The fourth-order valence-corrected chi connectivity index (χ4v) is 4.41. The molecule has 0 aliphatic carbocycles. The van der Waals surface area contributed by atoms with Crippen molar-refractivity contribution in [3.8, 4) is 11.1 Å². The molecule has 0 radical (unpaired) electrons. The van der Waals surface area contributed by atoms with Gasteiger partial charge in [0, 0.05) is 31.4 Å². The quantitative estimate of drug-likeness (QED) is 0.355. The van der Waals surface area contributed by atoms with E-state index in [1.807, 2.05) is 31.3 Å². The Bertz CT molecular complexity index is 1160. The van der Waals surface area contributed by atoms with Gasteiger partial charge in [0.2, 0.25) is 5.91 Å². The van der Waals surface area contributed by atoms with Crippen molar-refractivity contribution in [3.63, 3.8) is 0 Å². The molecule has 200 valence electrons. The predicted octanol–water partition coefficient (Wildman–Crippen LogP) is 3.32. The van der Waals surface area contributed by atoms with E-state index in [2.05, 4.69) is 63.4 Å². The molecule has 0 aromatic heterocycles. The van der Waals surface area contributed by atoms with Crippen LogP contribution in [0.4, 0.5) is 0 Å². The van der Waals surface area contributed by atoms with Crippen molar-refractivity contribution in [3.05, 3.63) is 71.9 Å². The highest BCUT2D eigenvalue weighted by atomic mass is 16.6. The molecule has 3 N–H and O–H groups in total. The molecule has 0 saturated carbocycles. The molecule has 2 aliphatic rings. The third kappa shape index (κ3) is 7.86. The smallest absolute Gasteiger partial charge is 0.253 e. The van der Waals surface area contributed by atoms with Crippen molar-refractivity contribution in [2.75, 3.05) is 13.1 Å². The van der Waals surface area contributed by atoms with Crippen molar-refractivity contribution in [1.29, 1.82) is 0 Å². The first-order chi connectivity index (χ1) is 18.5. The van der Waals surface area contributed by atoms with Crippen LogP contribution in [0.3, 0.4) is 0 Å². The van der Waals surface area contributed by atoms with E-state index in [1.54, 1.807) is 0 Å². The predicted molar refractivity (Wildman–Crippen MR) is 148 cm³/mol. The molecule has 2 aliphatic heterocycles. The number of carbonyl (C=O) groups excluding carboxylic acids is 3. The molecule has 0 spiro atoms. The van der Waals surface area contributed by atoms with Crippen LogP contribution in [-0.4, -0.2) is 55.3 Å². The molecule has 4 rings (SSSR count). The van der Waals surface area contributed by atoms with Gasteiger partial charge in [0.15, 0.2) is 12.2 Å². The molecule has 0 bridgehead atoms. The highest BCUT2D eigenvalue weighted by molar-refractivity contribution is 5.97. The fraction of sp³-hybridized carbons (Fsp3) is 0.400. The van der Waals surface area contributed by atoms with E-state index < -0.39 is 24.2 Å². The van der Waals surface area contributed by atoms with Crippen LogP contribution in [0.2, 0.25) is 0 Å². The summed E-state index contributed by atoms with van der Waals surface area (Å²) in [6.45, 7) is 2.85. The van der Waals surface area contributed by atoms with Crippen LogP contribution in [0, 0.1) is 0 Å². The average Bonchev–Trinajstić information content (AvgIpc) is 3.76. The van der Waals surface area contributed by atoms with E-state index in [0.717, 1.165) is 41.6 Å². The zero-order chi connectivity index (χ0) is 26.7. The monoisotopic (exact) mass is 516 g/mol. The summed E-state index contributed by atoms with van der Waals surface area (Å²) >= 11 is 0. The summed E-state index contributed by atoms with van der Waals surface area (Å²) in [6.07, 6.45) is 6.76. The maximum atomic E-state index is 12.7. The van der Waals surface area contributed by atoms with Crippen LogP contribution in [0.5, 0.6) is 0 Å². The minimum atomic E-state index is -0.867. The second kappa shape index (κ2) is 13.7. The Kier molecular flexibility index (Phi) is 9.81. The van der Waals surface area contributed by atoms with Crippen molar-refractivity contribution < 1.29 is 19.1 Å². The third-order valence-corrected chi connectivity index (χ3v) is 6.61.